The molecule has 1 aliphatic heterocycles. The average molecular weight is 352 g/mol. The summed E-state index contributed by atoms with van der Waals surface area (Å²) in [7, 11) is 0. The number of piperidine rings is 1. The van der Waals surface area contributed by atoms with Crippen molar-refractivity contribution in [2.45, 2.75) is 44.7 Å². The fourth-order valence-electron chi connectivity index (χ4n) is 3.65. The third-order valence-corrected chi connectivity index (χ3v) is 5.02. The van der Waals surface area contributed by atoms with Crippen LogP contribution in [0.1, 0.15) is 32.6 Å². The zero-order valence-corrected chi connectivity index (χ0v) is 15.4. The van der Waals surface area contributed by atoms with Crippen molar-refractivity contribution >= 4 is 5.91 Å². The number of carbonyl (C=O) groups excluding carboxylic acids is 1. The van der Waals surface area contributed by atoms with Gasteiger partial charge in [0.05, 0.1) is 13.0 Å². The Morgan fingerprint density at radius 3 is 2.65 bits per heavy atom. The highest BCUT2D eigenvalue weighted by Gasteiger charge is 2.28. The predicted octanol–water partition coefficient (Wildman–Crippen LogP) is 3.85. The molecule has 26 heavy (non-hydrogen) atoms. The van der Waals surface area contributed by atoms with Gasteiger partial charge in [0.1, 0.15) is 5.75 Å². The normalized spacial score (nSPS) is 18.4. The van der Waals surface area contributed by atoms with E-state index in [4.69, 9.17) is 10.5 Å². The Morgan fingerprint density at radius 2 is 1.88 bits per heavy atom. The molecule has 0 bridgehead atoms. The second-order valence-electron chi connectivity index (χ2n) is 6.97. The minimum absolute atomic E-state index is 0.0129. The number of nitrogens with zero attached hydrogens (tertiary/aromatic N) is 1. The Bertz CT molecular complexity index is 715. The van der Waals surface area contributed by atoms with Crippen LogP contribution in [0.2, 0.25) is 0 Å². The molecule has 4 heteroatoms. The van der Waals surface area contributed by atoms with Crippen molar-refractivity contribution in [3.63, 3.8) is 0 Å². The Balaban J connectivity index is 1.61. The van der Waals surface area contributed by atoms with Crippen LogP contribution in [0.5, 0.6) is 5.75 Å². The Hall–Kier alpha value is -2.33. The van der Waals surface area contributed by atoms with Crippen molar-refractivity contribution in [2.24, 2.45) is 5.73 Å². The summed E-state index contributed by atoms with van der Waals surface area (Å²) in [5.74, 6) is 0.957. The molecule has 1 aliphatic rings. The lowest BCUT2D eigenvalue weighted by Crippen LogP contribution is -2.51. The summed E-state index contributed by atoms with van der Waals surface area (Å²) in [6.45, 7) is 3.18. The van der Waals surface area contributed by atoms with Gasteiger partial charge in [0.2, 0.25) is 5.91 Å². The smallest absolute Gasteiger partial charge is 0.226 e. The first kappa shape index (κ1) is 18.5. The van der Waals surface area contributed by atoms with Crippen LogP contribution in [-0.2, 0) is 4.79 Å². The van der Waals surface area contributed by atoms with Gasteiger partial charge in [-0.15, -0.1) is 0 Å². The largest absolute Gasteiger partial charge is 0.492 e. The first-order valence-corrected chi connectivity index (χ1v) is 9.49. The summed E-state index contributed by atoms with van der Waals surface area (Å²) >= 11 is 0. The maximum atomic E-state index is 12.6. The van der Waals surface area contributed by atoms with E-state index in [2.05, 4.69) is 12.1 Å². The maximum Gasteiger partial charge on any atom is 0.226 e. The fourth-order valence-corrected chi connectivity index (χ4v) is 3.65. The van der Waals surface area contributed by atoms with Crippen LogP contribution >= 0.6 is 0 Å². The lowest BCUT2D eigenvalue weighted by Gasteiger charge is -2.38. The number of rotatable bonds is 6. The van der Waals surface area contributed by atoms with Crippen molar-refractivity contribution in [1.82, 2.24) is 4.90 Å². The minimum atomic E-state index is 0.0129. The standard InChI is InChI=1S/C22H28N2O2/c1-17(23)20-12-7-8-15-24(20)22(25)14-16-26-21-13-6-5-11-19(21)18-9-3-2-4-10-18/h2-6,9-11,13,17,20H,7-8,12,14-16,23H2,1H3. The number of hydrogen-bond acceptors (Lipinski definition) is 3. The van der Waals surface area contributed by atoms with Gasteiger partial charge in [0.25, 0.3) is 0 Å². The van der Waals surface area contributed by atoms with E-state index in [9.17, 15) is 4.79 Å². The van der Waals surface area contributed by atoms with E-state index in [1.165, 1.54) is 0 Å². The van der Waals surface area contributed by atoms with E-state index in [1.807, 2.05) is 54.3 Å². The molecule has 2 atom stereocenters. The molecular formula is C22H28N2O2. The van der Waals surface area contributed by atoms with Crippen molar-refractivity contribution in [1.29, 1.82) is 0 Å². The highest BCUT2D eigenvalue weighted by molar-refractivity contribution is 5.77. The number of likely N-dealkylation sites (tertiary alicyclic amines) is 1. The van der Waals surface area contributed by atoms with Crippen molar-refractivity contribution in [3.8, 4) is 16.9 Å². The van der Waals surface area contributed by atoms with Crippen molar-refractivity contribution in [3.05, 3.63) is 54.6 Å². The zero-order chi connectivity index (χ0) is 18.4. The van der Waals surface area contributed by atoms with Crippen molar-refractivity contribution < 1.29 is 9.53 Å². The van der Waals surface area contributed by atoms with Crippen LogP contribution in [0.3, 0.4) is 0 Å². The van der Waals surface area contributed by atoms with Crippen molar-refractivity contribution in [2.75, 3.05) is 13.2 Å². The molecular weight excluding hydrogens is 324 g/mol. The van der Waals surface area contributed by atoms with Crippen LogP contribution in [0.25, 0.3) is 11.1 Å². The molecule has 2 aromatic carbocycles. The third kappa shape index (κ3) is 4.44. The molecule has 2 aromatic rings. The molecule has 0 radical (unpaired) electrons. The second kappa shape index (κ2) is 8.86. The molecule has 1 fully saturated rings. The number of hydrogen-bond donors (Lipinski definition) is 1. The molecule has 2 N–H and O–H groups in total. The van der Waals surface area contributed by atoms with E-state index in [-0.39, 0.29) is 18.0 Å². The first-order valence-electron chi connectivity index (χ1n) is 9.49. The lowest BCUT2D eigenvalue weighted by atomic mass is 9.96. The van der Waals surface area contributed by atoms with Gasteiger partial charge in [-0.2, -0.15) is 0 Å². The summed E-state index contributed by atoms with van der Waals surface area (Å²) in [6, 6.07) is 18.3. The average Bonchev–Trinajstić information content (AvgIpc) is 2.69. The molecule has 138 valence electrons. The maximum absolute atomic E-state index is 12.6. The number of carbonyl (C=O) groups is 1. The second-order valence-corrected chi connectivity index (χ2v) is 6.97. The topological polar surface area (TPSA) is 55.6 Å². The predicted molar refractivity (Wildman–Crippen MR) is 105 cm³/mol. The van der Waals surface area contributed by atoms with E-state index < -0.39 is 0 Å². The third-order valence-electron chi connectivity index (χ3n) is 5.02. The van der Waals surface area contributed by atoms with Gasteiger partial charge in [-0.05, 0) is 37.8 Å². The van der Waals surface area contributed by atoms with E-state index in [0.29, 0.717) is 13.0 Å². The van der Waals surface area contributed by atoms with Gasteiger partial charge in [-0.3, -0.25) is 4.79 Å². The SMILES string of the molecule is CC(N)C1CCCCN1C(=O)CCOc1ccccc1-c1ccccc1. The number of ether oxygens (including phenoxy) is 1. The Morgan fingerprint density at radius 1 is 1.15 bits per heavy atom. The molecule has 1 amide bonds. The van der Waals surface area contributed by atoms with E-state index >= 15 is 0 Å². The minimum Gasteiger partial charge on any atom is -0.492 e. The lowest BCUT2D eigenvalue weighted by molar-refractivity contribution is -0.135. The van der Waals surface area contributed by atoms with Gasteiger partial charge in [0.15, 0.2) is 0 Å². The van der Waals surface area contributed by atoms with Gasteiger partial charge >= 0.3 is 0 Å². The highest BCUT2D eigenvalue weighted by Crippen LogP contribution is 2.29. The van der Waals surface area contributed by atoms with Crippen LogP contribution in [0.4, 0.5) is 0 Å². The fraction of sp³-hybridized carbons (Fsp3) is 0.409. The summed E-state index contributed by atoms with van der Waals surface area (Å²) in [5, 5.41) is 0. The molecule has 4 nitrogen and oxygen atoms in total. The first-order chi connectivity index (χ1) is 12.7. The summed E-state index contributed by atoms with van der Waals surface area (Å²) < 4.78 is 5.97. The Labute approximate surface area is 156 Å². The summed E-state index contributed by atoms with van der Waals surface area (Å²) in [4.78, 5) is 14.6. The van der Waals surface area contributed by atoms with Gasteiger partial charge in [-0.1, -0.05) is 48.5 Å². The van der Waals surface area contributed by atoms with Gasteiger partial charge < -0.3 is 15.4 Å². The quantitative estimate of drug-likeness (QED) is 0.859. The number of nitrogens with two attached hydrogens (primary N) is 1. The molecule has 0 spiro atoms. The molecule has 1 saturated heterocycles. The van der Waals surface area contributed by atoms with Crippen LogP contribution in [0, 0.1) is 0 Å². The monoisotopic (exact) mass is 352 g/mol. The number of amides is 1. The molecule has 1 heterocycles. The van der Waals surface area contributed by atoms with Crippen LogP contribution in [0.15, 0.2) is 54.6 Å². The molecule has 0 aliphatic carbocycles. The van der Waals surface area contributed by atoms with Crippen LogP contribution in [-0.4, -0.2) is 36.0 Å². The molecule has 2 unspecified atom stereocenters. The Kier molecular flexibility index (Phi) is 6.29. The molecule has 3 rings (SSSR count). The summed E-state index contributed by atoms with van der Waals surface area (Å²) in [6.07, 6.45) is 3.59. The number of para-hydroxylation sites is 1. The van der Waals surface area contributed by atoms with E-state index in [0.717, 1.165) is 42.7 Å². The molecule has 0 saturated carbocycles. The van der Waals surface area contributed by atoms with E-state index in [1.54, 1.807) is 0 Å². The number of benzene rings is 2. The van der Waals surface area contributed by atoms with Gasteiger partial charge in [0, 0.05) is 24.2 Å². The van der Waals surface area contributed by atoms with Crippen LogP contribution < -0.4 is 10.5 Å². The zero-order valence-electron chi connectivity index (χ0n) is 15.4. The summed E-state index contributed by atoms with van der Waals surface area (Å²) in [5.41, 5.74) is 8.24. The molecule has 0 aromatic heterocycles. The van der Waals surface area contributed by atoms with Gasteiger partial charge in [-0.25, -0.2) is 0 Å². The highest BCUT2D eigenvalue weighted by atomic mass is 16.5.